The van der Waals surface area contributed by atoms with E-state index in [4.69, 9.17) is 24.1 Å². The molecule has 3 atom stereocenters. The monoisotopic (exact) mass is 880 g/mol. The van der Waals surface area contributed by atoms with Crippen LogP contribution in [0.1, 0.15) is 42.7 Å². The Morgan fingerprint density at radius 3 is 2.28 bits per heavy atom. The number of tetrazole rings is 1. The van der Waals surface area contributed by atoms with Crippen LogP contribution in [0.4, 0.5) is 0 Å². The summed E-state index contributed by atoms with van der Waals surface area (Å²) in [5.41, 5.74) is -3.06. The molecular formula is C37H36N8O14S2. The average Bonchev–Trinajstić information content (AvgIpc) is 3.63. The van der Waals surface area contributed by atoms with Crippen LogP contribution in [-0.2, 0) is 47.1 Å². The molecule has 24 heteroatoms. The minimum Gasteiger partial charge on any atom is -0.482 e. The van der Waals surface area contributed by atoms with Gasteiger partial charge in [0.25, 0.3) is 17.5 Å². The Hall–Kier alpha value is -6.79. The molecule has 4 aromatic rings. The number of aryl methyl sites for hydroxylation is 2. The number of carbonyl (C=O) groups excluding carboxylic acids is 5. The van der Waals surface area contributed by atoms with Crippen LogP contribution in [0.3, 0.4) is 0 Å². The van der Waals surface area contributed by atoms with E-state index < -0.39 is 76.3 Å². The predicted molar refractivity (Wildman–Crippen MR) is 211 cm³/mol. The van der Waals surface area contributed by atoms with Crippen LogP contribution in [-0.4, -0.2) is 118 Å². The highest BCUT2D eigenvalue weighted by Gasteiger charge is 2.67. The van der Waals surface area contributed by atoms with E-state index in [2.05, 4.69) is 26.2 Å². The van der Waals surface area contributed by atoms with Crippen molar-refractivity contribution in [1.82, 2.24) is 40.3 Å². The number of β-lactam (4-membered cyclic amide) rings is 1. The summed E-state index contributed by atoms with van der Waals surface area (Å²) >= 11 is 2.28. The van der Waals surface area contributed by atoms with Crippen LogP contribution in [0, 0.1) is 0 Å². The number of pyridine rings is 1. The number of nitrogens with zero attached hydrogens (tertiary/aromatic N) is 6. The first kappa shape index (κ1) is 43.8. The number of hydrogen-bond acceptors (Lipinski definition) is 17. The smallest absolute Gasteiger partial charge is 0.352 e. The molecule has 1 fully saturated rings. The number of amides is 3. The maximum atomic E-state index is 14.4. The van der Waals surface area contributed by atoms with Crippen molar-refractivity contribution in [3.8, 4) is 17.2 Å². The molecule has 2 aromatic carbocycles. The molecular weight excluding hydrogens is 845 g/mol. The van der Waals surface area contributed by atoms with Crippen molar-refractivity contribution in [3.63, 3.8) is 0 Å². The van der Waals surface area contributed by atoms with E-state index in [1.807, 2.05) is 0 Å². The van der Waals surface area contributed by atoms with Gasteiger partial charge < -0.3 is 44.4 Å². The minimum atomic E-state index is -2.12. The van der Waals surface area contributed by atoms with Crippen LogP contribution >= 0.6 is 23.5 Å². The molecule has 320 valence electrons. The van der Waals surface area contributed by atoms with E-state index in [9.17, 15) is 43.5 Å². The summed E-state index contributed by atoms with van der Waals surface area (Å²) in [5.74, 6) is -7.25. The highest BCUT2D eigenvalue weighted by atomic mass is 32.2. The largest absolute Gasteiger partial charge is 0.482 e. The van der Waals surface area contributed by atoms with Gasteiger partial charge in [0, 0.05) is 58.3 Å². The van der Waals surface area contributed by atoms with Gasteiger partial charge in [-0.1, -0.05) is 23.9 Å². The Labute approximate surface area is 352 Å². The number of methoxy groups -OCH3 is 1. The molecule has 2 aliphatic rings. The van der Waals surface area contributed by atoms with E-state index >= 15 is 0 Å². The number of carboxylic acids is 2. The van der Waals surface area contributed by atoms with Gasteiger partial charge in [-0.15, -0.1) is 16.9 Å². The van der Waals surface area contributed by atoms with Crippen molar-refractivity contribution in [1.29, 1.82) is 0 Å². The van der Waals surface area contributed by atoms with Crippen molar-refractivity contribution in [2.75, 3.05) is 25.2 Å². The van der Waals surface area contributed by atoms with E-state index in [0.29, 0.717) is 10.7 Å². The summed E-state index contributed by atoms with van der Waals surface area (Å²) in [6.07, 6.45) is 1.22. The van der Waals surface area contributed by atoms with Crippen molar-refractivity contribution >= 4 is 76.0 Å². The van der Waals surface area contributed by atoms with Gasteiger partial charge in [0.1, 0.15) is 28.4 Å². The number of esters is 2. The maximum Gasteiger partial charge on any atom is 0.352 e. The Balaban J connectivity index is 1.35. The van der Waals surface area contributed by atoms with Gasteiger partial charge in [-0.3, -0.25) is 33.7 Å². The lowest BCUT2D eigenvalue weighted by atomic mass is 9.96. The third-order valence-corrected chi connectivity index (χ3v) is 11.7. The van der Waals surface area contributed by atoms with Crippen LogP contribution in [0.15, 0.2) is 63.8 Å². The van der Waals surface area contributed by atoms with Crippen molar-refractivity contribution in [3.05, 3.63) is 75.2 Å². The Bertz CT molecular complexity index is 2580. The summed E-state index contributed by atoms with van der Waals surface area (Å²) in [5, 5.41) is 34.8. The molecule has 2 aliphatic heterocycles. The molecule has 0 radical (unpaired) electrons. The molecule has 1 unspecified atom stereocenters. The molecule has 0 saturated carbocycles. The first-order valence-electron chi connectivity index (χ1n) is 18.0. The fourth-order valence-electron chi connectivity index (χ4n) is 6.51. The first-order chi connectivity index (χ1) is 29.0. The summed E-state index contributed by atoms with van der Waals surface area (Å²) in [6.45, 7) is 3.44. The number of carbonyl (C=O) groups is 7. The number of fused-ring (bicyclic) bond motifs is 2. The molecule has 0 bridgehead atoms. The molecule has 0 aliphatic carbocycles. The van der Waals surface area contributed by atoms with Crippen LogP contribution < -0.4 is 30.3 Å². The Morgan fingerprint density at radius 1 is 1.03 bits per heavy atom. The first-order valence-corrected chi connectivity index (χ1v) is 20.0. The third kappa shape index (κ3) is 8.76. The van der Waals surface area contributed by atoms with E-state index in [0.717, 1.165) is 55.4 Å². The summed E-state index contributed by atoms with van der Waals surface area (Å²) in [6, 6.07) is 6.15. The molecule has 3 amide bonds. The fourth-order valence-corrected chi connectivity index (χ4v) is 8.93. The molecule has 22 nitrogen and oxygen atoms in total. The molecule has 6 rings (SSSR count). The third-order valence-electron chi connectivity index (χ3n) is 9.25. The molecule has 0 spiro atoms. The van der Waals surface area contributed by atoms with Gasteiger partial charge in [0.15, 0.2) is 18.1 Å². The van der Waals surface area contributed by atoms with Crippen LogP contribution in [0.25, 0.3) is 10.9 Å². The average molecular weight is 881 g/mol. The molecule has 4 heterocycles. The van der Waals surface area contributed by atoms with Gasteiger partial charge in [-0.05, 0) is 46.7 Å². The highest BCUT2D eigenvalue weighted by molar-refractivity contribution is 8.01. The Kier molecular flexibility index (Phi) is 12.8. The van der Waals surface area contributed by atoms with E-state index in [1.54, 1.807) is 14.0 Å². The quantitative estimate of drug-likeness (QED) is 0.0399. The number of rotatable bonds is 16. The molecule has 4 N–H and O–H groups in total. The topological polar surface area (TPSA) is 290 Å². The number of aromatic nitrogens is 5. The predicted octanol–water partition coefficient (Wildman–Crippen LogP) is 0.835. The number of nitrogens with one attached hydrogen (secondary N) is 2. The molecule has 61 heavy (non-hydrogen) atoms. The second kappa shape index (κ2) is 17.8. The zero-order valence-corrected chi connectivity index (χ0v) is 34.5. The van der Waals surface area contributed by atoms with Crippen LogP contribution in [0.2, 0.25) is 0 Å². The second-order valence-corrected chi connectivity index (χ2v) is 15.2. The number of thioether (sulfide) groups is 2. The zero-order chi connectivity index (χ0) is 44.3. The second-order valence-electron chi connectivity index (χ2n) is 13.2. The van der Waals surface area contributed by atoms with Crippen molar-refractivity contribution in [2.24, 2.45) is 7.05 Å². The van der Waals surface area contributed by atoms with Gasteiger partial charge in [0.05, 0.1) is 10.9 Å². The number of ether oxygens (including phenoxy) is 4. The number of carboxylic acid groups (broad SMARTS) is 2. The normalized spacial score (nSPS) is 17.5. The Morgan fingerprint density at radius 2 is 1.70 bits per heavy atom. The summed E-state index contributed by atoms with van der Waals surface area (Å²) < 4.78 is 24.2. The maximum absolute atomic E-state index is 14.4. The lowest BCUT2D eigenvalue weighted by Crippen LogP contribution is -2.81. The van der Waals surface area contributed by atoms with Crippen LogP contribution in [0.5, 0.6) is 17.2 Å². The zero-order valence-electron chi connectivity index (χ0n) is 32.8. The summed E-state index contributed by atoms with van der Waals surface area (Å²) in [7, 11) is 2.76. The highest BCUT2D eigenvalue weighted by Crippen LogP contribution is 2.47. The SMILES string of the molecule is CCn1cc(C(=O)NC(C(=O)N[C@]2(OC)C(=O)N3C(C(=O)O)=C(CSc4nnnn4C)CS[C@H]32)c2ccc(OCC(=O)O)cc2)c(=O)c2cc(OC(C)=O)c(OC(C)=O)cc21. The number of aliphatic carboxylic acids is 2. The standard InChI is InChI=1S/C37H36N8O14S2/c1-6-44-13-23(30(50)22-11-25(58-17(2)46)26(12-24(22)44)59-18(3)47)31(51)38-28(19-7-9-21(10-8-19)57-14-27(48)49)32(52)39-37(56-5)34(55)45-29(33(53)54)20(15-60-35(37)45)16-61-36-40-41-42-43(36)4/h7-13,28,35H,6,14-16H2,1-5H3,(H,38,51)(H,39,52)(H,48,49)(H,53,54)/t28?,35-,37-/m0/s1. The molecule has 1 saturated heterocycles. The van der Waals surface area contributed by atoms with Gasteiger partial charge >= 0.3 is 23.9 Å². The fraction of sp³-hybridized carbons (Fsp3) is 0.324. The van der Waals surface area contributed by atoms with Crippen molar-refractivity contribution < 1.29 is 62.7 Å². The lowest BCUT2D eigenvalue weighted by molar-refractivity contribution is -0.192. The number of benzene rings is 2. The molecule has 2 aromatic heterocycles. The number of hydrogen-bond donors (Lipinski definition) is 4. The lowest BCUT2D eigenvalue weighted by Gasteiger charge is -2.56. The van der Waals surface area contributed by atoms with Gasteiger partial charge in [-0.25, -0.2) is 14.3 Å². The van der Waals surface area contributed by atoms with Gasteiger partial charge in [0.2, 0.25) is 16.5 Å². The van der Waals surface area contributed by atoms with E-state index in [-0.39, 0.29) is 57.5 Å². The van der Waals surface area contributed by atoms with Crippen molar-refractivity contribution in [2.45, 2.75) is 49.6 Å². The van der Waals surface area contributed by atoms with E-state index in [1.165, 1.54) is 45.8 Å². The minimum absolute atomic E-state index is 0.0863. The summed E-state index contributed by atoms with van der Waals surface area (Å²) in [4.78, 5) is 105. The van der Waals surface area contributed by atoms with Gasteiger partial charge in [-0.2, -0.15) is 0 Å².